The Hall–Kier alpha value is -3.03. The molecule has 0 bridgehead atoms. The van der Waals surface area contributed by atoms with Crippen molar-refractivity contribution in [2.24, 2.45) is 0 Å². The van der Waals surface area contributed by atoms with Crippen molar-refractivity contribution in [3.63, 3.8) is 0 Å². The number of anilines is 2. The van der Waals surface area contributed by atoms with Crippen LogP contribution in [-0.2, 0) is 9.59 Å². The minimum absolute atomic E-state index is 0.0576. The van der Waals surface area contributed by atoms with E-state index in [2.05, 4.69) is 5.32 Å². The Bertz CT molecular complexity index is 790. The molecule has 2 aromatic carbocycles. The highest BCUT2D eigenvalue weighted by Gasteiger charge is 2.38. The summed E-state index contributed by atoms with van der Waals surface area (Å²) in [6.45, 7) is 2.33. The first-order valence-corrected chi connectivity index (χ1v) is 8.21. The van der Waals surface area contributed by atoms with Crippen LogP contribution >= 0.6 is 0 Å². The number of hydrogen-bond donors (Lipinski definition) is 2. The third-order valence-corrected chi connectivity index (χ3v) is 3.50. The molecule has 0 aliphatic rings. The van der Waals surface area contributed by atoms with Crippen LogP contribution in [0.4, 0.5) is 24.5 Å². The Labute approximate surface area is 154 Å². The molecule has 27 heavy (non-hydrogen) atoms. The van der Waals surface area contributed by atoms with Crippen LogP contribution in [0.2, 0.25) is 0 Å². The molecule has 5 nitrogen and oxygen atoms in total. The van der Waals surface area contributed by atoms with Crippen LogP contribution in [0.3, 0.4) is 0 Å². The van der Waals surface area contributed by atoms with Crippen molar-refractivity contribution in [2.75, 3.05) is 17.2 Å². The number of amides is 2. The maximum atomic E-state index is 12.3. The molecule has 0 atom stereocenters. The van der Waals surface area contributed by atoms with E-state index in [1.807, 2.05) is 31.2 Å². The molecule has 0 saturated heterocycles. The van der Waals surface area contributed by atoms with Gasteiger partial charge in [0, 0.05) is 17.8 Å². The zero-order valence-corrected chi connectivity index (χ0v) is 14.6. The first kappa shape index (κ1) is 20.3. The molecule has 0 spiro atoms. The molecular formula is C19H19F3N2O3. The van der Waals surface area contributed by atoms with E-state index in [9.17, 15) is 22.8 Å². The van der Waals surface area contributed by atoms with Crippen molar-refractivity contribution < 1.29 is 27.5 Å². The van der Waals surface area contributed by atoms with Gasteiger partial charge in [-0.1, -0.05) is 23.8 Å². The second kappa shape index (κ2) is 9.07. The lowest BCUT2D eigenvalue weighted by molar-refractivity contribution is -0.167. The summed E-state index contributed by atoms with van der Waals surface area (Å²) in [7, 11) is 0. The van der Waals surface area contributed by atoms with Crippen molar-refractivity contribution >= 4 is 23.2 Å². The minimum atomic E-state index is -4.98. The third-order valence-electron chi connectivity index (χ3n) is 3.50. The summed E-state index contributed by atoms with van der Waals surface area (Å²) in [5, 5.41) is 4.31. The smallest absolute Gasteiger partial charge is 0.471 e. The molecular weight excluding hydrogens is 361 g/mol. The van der Waals surface area contributed by atoms with Gasteiger partial charge < -0.3 is 15.4 Å². The minimum Gasteiger partial charge on any atom is -0.494 e. The molecule has 0 aliphatic heterocycles. The molecule has 0 unspecified atom stereocenters. The molecule has 0 aliphatic carbocycles. The molecule has 2 N–H and O–H groups in total. The van der Waals surface area contributed by atoms with E-state index in [1.165, 1.54) is 24.3 Å². The second-order valence-electron chi connectivity index (χ2n) is 5.85. The number of halogens is 3. The molecule has 0 saturated carbocycles. The fraction of sp³-hybridized carbons (Fsp3) is 0.263. The van der Waals surface area contributed by atoms with Crippen molar-refractivity contribution in [1.82, 2.24) is 0 Å². The number of carbonyl (C=O) groups excluding carboxylic acids is 2. The quantitative estimate of drug-likeness (QED) is 0.704. The number of benzene rings is 2. The number of ether oxygens (including phenoxy) is 1. The van der Waals surface area contributed by atoms with E-state index in [-0.39, 0.29) is 18.0 Å². The number of alkyl halides is 3. The largest absolute Gasteiger partial charge is 0.494 e. The van der Waals surface area contributed by atoms with Crippen molar-refractivity contribution in [1.29, 1.82) is 0 Å². The molecule has 0 aromatic heterocycles. The van der Waals surface area contributed by atoms with E-state index in [0.29, 0.717) is 24.5 Å². The molecule has 2 rings (SSSR count). The zero-order chi connectivity index (χ0) is 19.9. The lowest BCUT2D eigenvalue weighted by Crippen LogP contribution is -2.29. The molecule has 2 aromatic rings. The highest BCUT2D eigenvalue weighted by atomic mass is 19.4. The number of rotatable bonds is 7. The predicted octanol–water partition coefficient (Wildman–Crippen LogP) is 4.29. The summed E-state index contributed by atoms with van der Waals surface area (Å²) in [6, 6.07) is 13.0. The van der Waals surface area contributed by atoms with Crippen LogP contribution in [0, 0.1) is 6.92 Å². The zero-order valence-electron chi connectivity index (χ0n) is 14.6. The number of nitrogens with one attached hydrogen (secondary N) is 2. The van der Waals surface area contributed by atoms with Gasteiger partial charge in [0.2, 0.25) is 5.91 Å². The monoisotopic (exact) mass is 380 g/mol. The van der Waals surface area contributed by atoms with Crippen LogP contribution in [0.1, 0.15) is 18.4 Å². The lowest BCUT2D eigenvalue weighted by Gasteiger charge is -2.10. The van der Waals surface area contributed by atoms with Crippen molar-refractivity contribution in [3.8, 4) is 5.75 Å². The van der Waals surface area contributed by atoms with Crippen molar-refractivity contribution in [2.45, 2.75) is 25.9 Å². The molecule has 2 amide bonds. The average Bonchev–Trinajstić information content (AvgIpc) is 2.60. The van der Waals surface area contributed by atoms with Gasteiger partial charge in [-0.05, 0) is 43.7 Å². The Morgan fingerprint density at radius 2 is 1.63 bits per heavy atom. The van der Waals surface area contributed by atoms with E-state index >= 15 is 0 Å². The summed E-state index contributed by atoms with van der Waals surface area (Å²) in [5.74, 6) is -1.66. The van der Waals surface area contributed by atoms with Gasteiger partial charge in [-0.25, -0.2) is 0 Å². The topological polar surface area (TPSA) is 67.4 Å². The predicted molar refractivity (Wildman–Crippen MR) is 95.7 cm³/mol. The van der Waals surface area contributed by atoms with Crippen LogP contribution in [-0.4, -0.2) is 24.6 Å². The summed E-state index contributed by atoms with van der Waals surface area (Å²) < 4.78 is 42.3. The first-order chi connectivity index (χ1) is 12.7. The molecule has 0 radical (unpaired) electrons. The first-order valence-electron chi connectivity index (χ1n) is 8.21. The van der Waals surface area contributed by atoms with Crippen LogP contribution < -0.4 is 15.4 Å². The van der Waals surface area contributed by atoms with Gasteiger partial charge in [-0.2, -0.15) is 13.2 Å². The fourth-order valence-corrected chi connectivity index (χ4v) is 2.16. The molecule has 0 heterocycles. The van der Waals surface area contributed by atoms with Gasteiger partial charge >= 0.3 is 12.1 Å². The van der Waals surface area contributed by atoms with Gasteiger partial charge in [-0.3, -0.25) is 9.59 Å². The number of carbonyl (C=O) groups is 2. The van der Waals surface area contributed by atoms with Crippen molar-refractivity contribution in [3.05, 3.63) is 54.1 Å². The standard InChI is InChI=1S/C19H19F3N2O3/c1-13-7-9-16(10-8-13)27-11-3-6-17(25)23-14-4-2-5-15(12-14)24-18(26)19(20,21)22/h2,4-5,7-10,12H,3,6,11H2,1H3,(H,23,25)(H,24,26). The molecule has 8 heteroatoms. The summed E-state index contributed by atoms with van der Waals surface area (Å²) >= 11 is 0. The average molecular weight is 380 g/mol. The van der Waals surface area contributed by atoms with Gasteiger partial charge in [0.15, 0.2) is 0 Å². The van der Waals surface area contributed by atoms with E-state index in [4.69, 9.17) is 4.74 Å². The molecule has 0 fully saturated rings. The van der Waals surface area contributed by atoms with Gasteiger partial charge in [-0.15, -0.1) is 0 Å². The maximum Gasteiger partial charge on any atom is 0.471 e. The normalized spacial score (nSPS) is 11.0. The summed E-state index contributed by atoms with van der Waals surface area (Å²) in [5.41, 5.74) is 1.35. The Kier molecular flexibility index (Phi) is 6.81. The van der Waals surface area contributed by atoms with Gasteiger partial charge in [0.1, 0.15) is 5.75 Å². The van der Waals surface area contributed by atoms with E-state index in [1.54, 1.807) is 5.32 Å². The van der Waals surface area contributed by atoms with E-state index in [0.717, 1.165) is 5.56 Å². The number of hydrogen-bond acceptors (Lipinski definition) is 3. The fourth-order valence-electron chi connectivity index (χ4n) is 2.16. The number of aryl methyl sites for hydroxylation is 1. The van der Waals surface area contributed by atoms with Gasteiger partial charge in [0.25, 0.3) is 0 Å². The van der Waals surface area contributed by atoms with Crippen LogP contribution in [0.25, 0.3) is 0 Å². The highest BCUT2D eigenvalue weighted by molar-refractivity contribution is 5.96. The Balaban J connectivity index is 1.77. The summed E-state index contributed by atoms with van der Waals surface area (Å²) in [4.78, 5) is 22.9. The van der Waals surface area contributed by atoms with E-state index < -0.39 is 12.1 Å². The molecule has 144 valence electrons. The Morgan fingerprint density at radius 3 is 2.26 bits per heavy atom. The van der Waals surface area contributed by atoms with Gasteiger partial charge in [0.05, 0.1) is 6.61 Å². The summed E-state index contributed by atoms with van der Waals surface area (Å²) in [6.07, 6.45) is -4.31. The second-order valence-corrected chi connectivity index (χ2v) is 5.85. The lowest BCUT2D eigenvalue weighted by atomic mass is 10.2. The maximum absolute atomic E-state index is 12.3. The SMILES string of the molecule is Cc1ccc(OCCCC(=O)Nc2cccc(NC(=O)C(F)(F)F)c2)cc1. The highest BCUT2D eigenvalue weighted by Crippen LogP contribution is 2.20. The van der Waals surface area contributed by atoms with Crippen LogP contribution in [0.5, 0.6) is 5.75 Å². The third kappa shape index (κ3) is 7.01. The Morgan fingerprint density at radius 1 is 1.00 bits per heavy atom. The van der Waals surface area contributed by atoms with Crippen LogP contribution in [0.15, 0.2) is 48.5 Å².